The lowest BCUT2D eigenvalue weighted by molar-refractivity contribution is -0.139. The molecule has 0 aromatic rings. The SMILES string of the molecule is CC(C)C(N)C(=O)O.ClCCl. The first-order valence-corrected chi connectivity index (χ1v) is 4.14. The molecule has 0 bridgehead atoms. The van der Waals surface area contributed by atoms with E-state index in [4.69, 9.17) is 34.0 Å². The second-order valence-electron chi connectivity index (χ2n) is 2.21. The van der Waals surface area contributed by atoms with Crippen molar-refractivity contribution in [3.63, 3.8) is 0 Å². The molecule has 0 saturated carbocycles. The van der Waals surface area contributed by atoms with Gasteiger partial charge in [0.2, 0.25) is 0 Å². The topological polar surface area (TPSA) is 63.3 Å². The predicted octanol–water partition coefficient (Wildman–Crippen LogP) is 1.48. The van der Waals surface area contributed by atoms with Gasteiger partial charge in [0, 0.05) is 0 Å². The predicted molar refractivity (Wildman–Crippen MR) is 47.0 cm³/mol. The lowest BCUT2D eigenvalue weighted by Gasteiger charge is -2.07. The molecule has 3 N–H and O–H groups in total. The van der Waals surface area contributed by atoms with Gasteiger partial charge in [0.25, 0.3) is 0 Å². The van der Waals surface area contributed by atoms with E-state index in [1.165, 1.54) is 0 Å². The summed E-state index contributed by atoms with van der Waals surface area (Å²) in [6.07, 6.45) is 0. The van der Waals surface area contributed by atoms with Crippen molar-refractivity contribution in [3.05, 3.63) is 0 Å². The summed E-state index contributed by atoms with van der Waals surface area (Å²) in [6.45, 7) is 3.55. The van der Waals surface area contributed by atoms with Crippen molar-refractivity contribution < 1.29 is 9.90 Å². The van der Waals surface area contributed by atoms with Gasteiger partial charge in [-0.1, -0.05) is 13.8 Å². The van der Waals surface area contributed by atoms with Crippen molar-refractivity contribution in [1.82, 2.24) is 0 Å². The van der Waals surface area contributed by atoms with Gasteiger partial charge in [-0.05, 0) is 5.92 Å². The van der Waals surface area contributed by atoms with Crippen LogP contribution in [0.3, 0.4) is 0 Å². The van der Waals surface area contributed by atoms with E-state index in [-0.39, 0.29) is 11.3 Å². The Bertz CT molecular complexity index is 109. The Labute approximate surface area is 76.5 Å². The summed E-state index contributed by atoms with van der Waals surface area (Å²) in [5, 5.41) is 8.42. The molecular weight excluding hydrogens is 189 g/mol. The molecular formula is C6H13Cl2NO2. The number of rotatable bonds is 2. The minimum Gasteiger partial charge on any atom is -0.480 e. The van der Waals surface area contributed by atoms with Crippen LogP contribution in [-0.2, 0) is 4.79 Å². The molecule has 0 radical (unpaired) electrons. The fourth-order valence-corrected chi connectivity index (χ4v) is 0.285. The van der Waals surface area contributed by atoms with Crippen LogP contribution in [0.5, 0.6) is 0 Å². The Hall–Kier alpha value is 0.01000. The second kappa shape index (κ2) is 8.11. The zero-order valence-electron chi connectivity index (χ0n) is 6.55. The molecule has 1 atom stereocenters. The van der Waals surface area contributed by atoms with Crippen molar-refractivity contribution in [1.29, 1.82) is 0 Å². The summed E-state index contributed by atoms with van der Waals surface area (Å²) in [5.41, 5.74) is 5.16. The highest BCUT2D eigenvalue weighted by atomic mass is 35.5. The van der Waals surface area contributed by atoms with Crippen molar-refractivity contribution in [3.8, 4) is 0 Å². The first-order chi connectivity index (χ1) is 4.97. The van der Waals surface area contributed by atoms with Crippen LogP contribution < -0.4 is 5.73 Å². The maximum atomic E-state index is 10.0. The zero-order chi connectivity index (χ0) is 9.44. The average molecular weight is 202 g/mol. The molecule has 1 unspecified atom stereocenters. The summed E-state index contributed by atoms with van der Waals surface area (Å²) < 4.78 is 0. The molecule has 0 saturated heterocycles. The molecule has 0 aliphatic heterocycles. The number of halogens is 2. The Balaban J connectivity index is 0. The van der Waals surface area contributed by atoms with E-state index in [2.05, 4.69) is 0 Å². The molecule has 0 heterocycles. The quantitative estimate of drug-likeness (QED) is 0.666. The van der Waals surface area contributed by atoms with Gasteiger partial charge in [0.1, 0.15) is 6.04 Å². The Morgan fingerprint density at radius 3 is 1.82 bits per heavy atom. The highest BCUT2D eigenvalue weighted by Gasteiger charge is 2.14. The third-order valence-corrected chi connectivity index (χ3v) is 1.00. The zero-order valence-corrected chi connectivity index (χ0v) is 8.06. The van der Waals surface area contributed by atoms with Crippen LogP contribution in [0.2, 0.25) is 0 Å². The third-order valence-electron chi connectivity index (χ3n) is 1.00. The van der Waals surface area contributed by atoms with E-state index in [0.29, 0.717) is 0 Å². The van der Waals surface area contributed by atoms with Crippen LogP contribution in [0.15, 0.2) is 0 Å². The summed E-state index contributed by atoms with van der Waals surface area (Å²) in [4.78, 5) is 10.0. The highest BCUT2D eigenvalue weighted by Crippen LogP contribution is 1.96. The number of carboxylic acids is 1. The Kier molecular flexibility index (Phi) is 10.0. The van der Waals surface area contributed by atoms with Crippen LogP contribution in [0.4, 0.5) is 0 Å². The van der Waals surface area contributed by atoms with Gasteiger partial charge >= 0.3 is 5.97 Å². The number of carboxylic acid groups (broad SMARTS) is 1. The van der Waals surface area contributed by atoms with Gasteiger partial charge in [0.05, 0.1) is 5.34 Å². The molecule has 0 aromatic carbocycles. The lowest BCUT2D eigenvalue weighted by Crippen LogP contribution is -2.34. The molecule has 0 rings (SSSR count). The number of hydrogen-bond acceptors (Lipinski definition) is 2. The monoisotopic (exact) mass is 201 g/mol. The highest BCUT2D eigenvalue weighted by molar-refractivity contribution is 6.40. The molecule has 5 heteroatoms. The van der Waals surface area contributed by atoms with E-state index in [1.807, 2.05) is 0 Å². The van der Waals surface area contributed by atoms with E-state index in [0.717, 1.165) is 0 Å². The number of alkyl halides is 2. The minimum absolute atomic E-state index is 0.0208. The van der Waals surface area contributed by atoms with Crippen molar-refractivity contribution in [2.75, 3.05) is 5.34 Å². The van der Waals surface area contributed by atoms with Gasteiger partial charge in [-0.25, -0.2) is 0 Å². The molecule has 3 nitrogen and oxygen atoms in total. The normalized spacial score (nSPS) is 11.8. The average Bonchev–Trinajstić information content (AvgIpc) is 1.87. The number of nitrogens with two attached hydrogens (primary N) is 1. The van der Waals surface area contributed by atoms with Gasteiger partial charge in [-0.3, -0.25) is 4.79 Å². The van der Waals surface area contributed by atoms with Crippen LogP contribution in [0, 0.1) is 5.92 Å². The fourth-order valence-electron chi connectivity index (χ4n) is 0.285. The van der Waals surface area contributed by atoms with Crippen molar-refractivity contribution in [2.24, 2.45) is 11.7 Å². The van der Waals surface area contributed by atoms with Gasteiger partial charge in [-0.15, -0.1) is 23.2 Å². The van der Waals surface area contributed by atoms with E-state index < -0.39 is 12.0 Å². The Morgan fingerprint density at radius 2 is 1.82 bits per heavy atom. The van der Waals surface area contributed by atoms with Crippen molar-refractivity contribution >= 4 is 29.2 Å². The molecule has 0 aliphatic rings. The van der Waals surface area contributed by atoms with E-state index in [1.54, 1.807) is 13.8 Å². The summed E-state index contributed by atoms with van der Waals surface area (Å²) in [7, 11) is 0. The molecule has 0 fully saturated rings. The van der Waals surface area contributed by atoms with Gasteiger partial charge < -0.3 is 10.8 Å². The van der Waals surface area contributed by atoms with Crippen LogP contribution in [0.25, 0.3) is 0 Å². The number of hydrogen-bond donors (Lipinski definition) is 2. The molecule has 0 aromatic heterocycles. The van der Waals surface area contributed by atoms with Gasteiger partial charge in [-0.2, -0.15) is 0 Å². The minimum atomic E-state index is -0.931. The van der Waals surface area contributed by atoms with Gasteiger partial charge in [0.15, 0.2) is 0 Å². The van der Waals surface area contributed by atoms with Crippen LogP contribution in [-0.4, -0.2) is 22.5 Å². The van der Waals surface area contributed by atoms with E-state index >= 15 is 0 Å². The second-order valence-corrected chi connectivity index (χ2v) is 3.02. The summed E-state index contributed by atoms with van der Waals surface area (Å²) in [5.74, 6) is -0.910. The largest absolute Gasteiger partial charge is 0.480 e. The van der Waals surface area contributed by atoms with Crippen LogP contribution >= 0.6 is 23.2 Å². The van der Waals surface area contributed by atoms with Crippen LogP contribution in [0.1, 0.15) is 13.8 Å². The maximum absolute atomic E-state index is 10.0. The van der Waals surface area contributed by atoms with Crippen molar-refractivity contribution in [2.45, 2.75) is 19.9 Å². The first kappa shape index (κ1) is 13.6. The molecule has 68 valence electrons. The number of carbonyl (C=O) groups is 1. The Morgan fingerprint density at radius 1 is 1.55 bits per heavy atom. The fraction of sp³-hybridized carbons (Fsp3) is 0.833. The molecule has 0 aliphatic carbocycles. The molecule has 11 heavy (non-hydrogen) atoms. The molecule has 0 amide bonds. The maximum Gasteiger partial charge on any atom is 0.320 e. The number of aliphatic carboxylic acids is 1. The lowest BCUT2D eigenvalue weighted by atomic mass is 10.1. The summed E-state index contributed by atoms with van der Waals surface area (Å²) >= 11 is 9.53. The smallest absolute Gasteiger partial charge is 0.320 e. The third kappa shape index (κ3) is 10.0. The standard InChI is InChI=1S/C5H11NO2.CH2Cl2/c1-3(2)4(6)5(7)8;2-1-3/h3-4H,6H2,1-2H3,(H,7,8);1H2. The molecule has 0 spiro atoms. The summed E-state index contributed by atoms with van der Waals surface area (Å²) in [6, 6.07) is -0.713. The van der Waals surface area contributed by atoms with E-state index in [9.17, 15) is 4.79 Å². The first-order valence-electron chi connectivity index (χ1n) is 3.07.